The van der Waals surface area contributed by atoms with Gasteiger partial charge in [0.05, 0.1) is 4.92 Å². The van der Waals surface area contributed by atoms with E-state index in [0.29, 0.717) is 12.5 Å². The number of rotatable bonds is 6. The molecule has 2 N–H and O–H groups in total. The van der Waals surface area contributed by atoms with Crippen molar-refractivity contribution in [2.45, 2.75) is 26.3 Å². The number of benzene rings is 1. The molecule has 0 spiro atoms. The second kappa shape index (κ2) is 6.78. The van der Waals surface area contributed by atoms with Crippen molar-refractivity contribution in [1.29, 1.82) is 0 Å². The molecule has 2 atom stereocenters. The molecular formula is C13H15FN2O5. The average Bonchev–Trinajstić information content (AvgIpc) is 2.42. The Morgan fingerprint density at radius 3 is 2.52 bits per heavy atom. The van der Waals surface area contributed by atoms with Gasteiger partial charge in [-0.15, -0.1) is 0 Å². The van der Waals surface area contributed by atoms with Crippen molar-refractivity contribution < 1.29 is 24.0 Å². The number of halogens is 1. The number of hydrogen-bond acceptors (Lipinski definition) is 4. The summed E-state index contributed by atoms with van der Waals surface area (Å²) >= 11 is 0. The summed E-state index contributed by atoms with van der Waals surface area (Å²) in [6.45, 7) is 3.44. The summed E-state index contributed by atoms with van der Waals surface area (Å²) in [6.07, 6.45) is 0.534. The Morgan fingerprint density at radius 1 is 1.48 bits per heavy atom. The highest BCUT2D eigenvalue weighted by Crippen LogP contribution is 2.18. The quantitative estimate of drug-likeness (QED) is 0.616. The van der Waals surface area contributed by atoms with Gasteiger partial charge in [0.15, 0.2) is 0 Å². The predicted molar refractivity (Wildman–Crippen MR) is 71.4 cm³/mol. The first-order chi connectivity index (χ1) is 9.77. The molecule has 21 heavy (non-hydrogen) atoms. The lowest BCUT2D eigenvalue weighted by Crippen LogP contribution is -2.45. The van der Waals surface area contributed by atoms with E-state index in [-0.39, 0.29) is 11.5 Å². The number of carboxylic acid groups (broad SMARTS) is 1. The zero-order valence-electron chi connectivity index (χ0n) is 11.5. The molecule has 0 aromatic heterocycles. The van der Waals surface area contributed by atoms with Crippen LogP contribution in [0.2, 0.25) is 0 Å². The lowest BCUT2D eigenvalue weighted by molar-refractivity contribution is -0.387. The molecule has 114 valence electrons. The molecule has 0 saturated heterocycles. The van der Waals surface area contributed by atoms with Gasteiger partial charge in [-0.1, -0.05) is 20.3 Å². The van der Waals surface area contributed by atoms with Crippen LogP contribution in [0.3, 0.4) is 0 Å². The Hall–Kier alpha value is -2.51. The fourth-order valence-electron chi connectivity index (χ4n) is 1.70. The minimum atomic E-state index is -1.19. The van der Waals surface area contributed by atoms with E-state index in [2.05, 4.69) is 5.32 Å². The van der Waals surface area contributed by atoms with Gasteiger partial charge >= 0.3 is 11.7 Å². The zero-order valence-corrected chi connectivity index (χ0v) is 11.5. The van der Waals surface area contributed by atoms with Crippen molar-refractivity contribution in [2.75, 3.05) is 0 Å². The molecule has 2 unspecified atom stereocenters. The molecule has 1 aromatic rings. The minimum absolute atomic E-state index is 0.173. The molecule has 0 saturated carbocycles. The number of amides is 1. The van der Waals surface area contributed by atoms with Gasteiger partial charge < -0.3 is 10.4 Å². The molecule has 0 radical (unpaired) electrons. The third-order valence-electron chi connectivity index (χ3n) is 3.17. The highest BCUT2D eigenvalue weighted by molar-refractivity contribution is 5.96. The molecule has 0 fully saturated rings. The summed E-state index contributed by atoms with van der Waals surface area (Å²) in [6, 6.07) is 1.54. The number of nitro groups is 1. The molecular weight excluding hydrogens is 283 g/mol. The summed E-state index contributed by atoms with van der Waals surface area (Å²) in [4.78, 5) is 32.6. The molecule has 0 bridgehead atoms. The van der Waals surface area contributed by atoms with Gasteiger partial charge in [0, 0.05) is 11.6 Å². The van der Waals surface area contributed by atoms with Gasteiger partial charge in [-0.25, -0.2) is 4.79 Å². The van der Waals surface area contributed by atoms with E-state index < -0.39 is 34.3 Å². The van der Waals surface area contributed by atoms with Crippen molar-refractivity contribution in [2.24, 2.45) is 5.92 Å². The Labute approximate surface area is 119 Å². The lowest BCUT2D eigenvalue weighted by atomic mass is 9.99. The molecule has 1 rings (SSSR count). The fourth-order valence-corrected chi connectivity index (χ4v) is 1.70. The summed E-state index contributed by atoms with van der Waals surface area (Å²) < 4.78 is 13.4. The number of hydrogen-bond donors (Lipinski definition) is 2. The number of carbonyl (C=O) groups is 2. The second-order valence-corrected chi connectivity index (χ2v) is 4.60. The van der Waals surface area contributed by atoms with E-state index >= 15 is 0 Å². The van der Waals surface area contributed by atoms with Crippen LogP contribution in [-0.2, 0) is 4.79 Å². The van der Waals surface area contributed by atoms with Crippen LogP contribution in [0, 0.1) is 21.8 Å². The van der Waals surface area contributed by atoms with E-state index in [0.717, 1.165) is 12.1 Å². The molecule has 1 aromatic carbocycles. The largest absolute Gasteiger partial charge is 0.480 e. The SMILES string of the molecule is CCC(C)C(NC(=O)c1ccc([N+](=O)[O-])c(F)c1)C(=O)O. The zero-order chi connectivity index (χ0) is 16.2. The Kier molecular flexibility index (Phi) is 5.34. The van der Waals surface area contributed by atoms with Crippen LogP contribution in [0.4, 0.5) is 10.1 Å². The Morgan fingerprint density at radius 2 is 2.10 bits per heavy atom. The van der Waals surface area contributed by atoms with Crippen LogP contribution in [0.15, 0.2) is 18.2 Å². The molecule has 0 heterocycles. The maximum absolute atomic E-state index is 13.4. The number of carboxylic acids is 1. The van der Waals surface area contributed by atoms with Crippen LogP contribution < -0.4 is 5.32 Å². The van der Waals surface area contributed by atoms with Gasteiger partial charge in [-0.2, -0.15) is 4.39 Å². The number of carbonyl (C=O) groups excluding carboxylic acids is 1. The first kappa shape index (κ1) is 16.5. The highest BCUT2D eigenvalue weighted by Gasteiger charge is 2.26. The van der Waals surface area contributed by atoms with E-state index in [1.165, 1.54) is 0 Å². The smallest absolute Gasteiger partial charge is 0.326 e. The van der Waals surface area contributed by atoms with Crippen LogP contribution in [0.25, 0.3) is 0 Å². The van der Waals surface area contributed by atoms with E-state index in [1.54, 1.807) is 13.8 Å². The van der Waals surface area contributed by atoms with E-state index in [9.17, 15) is 24.1 Å². The first-order valence-corrected chi connectivity index (χ1v) is 6.25. The van der Waals surface area contributed by atoms with Crippen LogP contribution in [0.5, 0.6) is 0 Å². The van der Waals surface area contributed by atoms with Gasteiger partial charge in [-0.05, 0) is 18.1 Å². The number of nitrogens with one attached hydrogen (secondary N) is 1. The van der Waals surface area contributed by atoms with E-state index in [4.69, 9.17) is 5.11 Å². The third-order valence-corrected chi connectivity index (χ3v) is 3.17. The van der Waals surface area contributed by atoms with E-state index in [1.807, 2.05) is 0 Å². The topological polar surface area (TPSA) is 110 Å². The molecule has 8 heteroatoms. The third kappa shape index (κ3) is 3.98. The average molecular weight is 298 g/mol. The molecule has 7 nitrogen and oxygen atoms in total. The normalized spacial score (nSPS) is 13.3. The number of aliphatic carboxylic acids is 1. The minimum Gasteiger partial charge on any atom is -0.480 e. The summed E-state index contributed by atoms with van der Waals surface area (Å²) in [5.41, 5.74) is -0.920. The molecule has 0 aliphatic heterocycles. The molecule has 0 aliphatic rings. The monoisotopic (exact) mass is 298 g/mol. The van der Waals surface area contributed by atoms with Gasteiger partial charge in [-0.3, -0.25) is 14.9 Å². The molecule has 1 amide bonds. The summed E-state index contributed by atoms with van der Waals surface area (Å²) in [7, 11) is 0. The number of nitro benzene ring substituents is 1. The Balaban J connectivity index is 2.96. The second-order valence-electron chi connectivity index (χ2n) is 4.60. The standard InChI is InChI=1S/C13H15FN2O5/c1-3-7(2)11(13(18)19)15-12(17)8-4-5-10(16(20)21)9(14)6-8/h4-7,11H,3H2,1-2H3,(H,15,17)(H,18,19). The number of nitrogens with zero attached hydrogens (tertiary/aromatic N) is 1. The summed E-state index contributed by atoms with van der Waals surface area (Å²) in [5, 5.41) is 21.8. The van der Waals surface area contributed by atoms with Crippen molar-refractivity contribution >= 4 is 17.6 Å². The van der Waals surface area contributed by atoms with Crippen LogP contribution in [0.1, 0.15) is 30.6 Å². The van der Waals surface area contributed by atoms with Gasteiger partial charge in [0.2, 0.25) is 5.82 Å². The van der Waals surface area contributed by atoms with Crippen LogP contribution in [-0.4, -0.2) is 27.9 Å². The lowest BCUT2D eigenvalue weighted by Gasteiger charge is -2.20. The first-order valence-electron chi connectivity index (χ1n) is 6.25. The fraction of sp³-hybridized carbons (Fsp3) is 0.385. The highest BCUT2D eigenvalue weighted by atomic mass is 19.1. The van der Waals surface area contributed by atoms with Gasteiger partial charge in [0.25, 0.3) is 5.91 Å². The van der Waals surface area contributed by atoms with Crippen molar-refractivity contribution in [3.8, 4) is 0 Å². The summed E-state index contributed by atoms with van der Waals surface area (Å²) in [5.74, 6) is -3.45. The van der Waals surface area contributed by atoms with Crippen LogP contribution >= 0.6 is 0 Å². The predicted octanol–water partition coefficient (Wildman–Crippen LogP) is 1.96. The van der Waals surface area contributed by atoms with Crippen molar-refractivity contribution in [1.82, 2.24) is 5.32 Å². The maximum atomic E-state index is 13.4. The van der Waals surface area contributed by atoms with Crippen molar-refractivity contribution in [3.05, 3.63) is 39.7 Å². The van der Waals surface area contributed by atoms with Crippen molar-refractivity contribution in [3.63, 3.8) is 0 Å². The van der Waals surface area contributed by atoms with Gasteiger partial charge in [0.1, 0.15) is 6.04 Å². The molecule has 0 aliphatic carbocycles. The Bertz CT molecular complexity index is 576. The maximum Gasteiger partial charge on any atom is 0.326 e.